The van der Waals surface area contributed by atoms with E-state index in [1.807, 2.05) is 6.08 Å². The number of aliphatic hydroxyl groups excluding tert-OH is 2. The summed E-state index contributed by atoms with van der Waals surface area (Å²) in [6.07, 6.45) is 114. The normalized spacial score (nSPS) is 12.5. The van der Waals surface area contributed by atoms with Crippen LogP contribution in [-0.2, 0) is 14.3 Å². The molecule has 6 heteroatoms. The molecule has 1 amide bonds. The number of ether oxygens (including phenoxy) is 1. The molecular weight excluding hydrogens is 1190 g/mol. The molecule has 6 nitrogen and oxygen atoms in total. The Labute approximate surface area is 609 Å². The Morgan fingerprint density at radius 1 is 0.278 bits per heavy atom. The molecule has 0 bridgehead atoms. The lowest BCUT2D eigenvalue weighted by atomic mass is 10.0. The van der Waals surface area contributed by atoms with Crippen LogP contribution in [0.15, 0.2) is 24.3 Å². The van der Waals surface area contributed by atoms with Gasteiger partial charge in [-0.3, -0.25) is 9.59 Å². The van der Waals surface area contributed by atoms with Crippen LogP contribution in [0.4, 0.5) is 0 Å². The maximum atomic E-state index is 12.6. The molecule has 0 aliphatic carbocycles. The van der Waals surface area contributed by atoms with Gasteiger partial charge in [0.25, 0.3) is 0 Å². The lowest BCUT2D eigenvalue weighted by Crippen LogP contribution is -2.45. The highest BCUT2D eigenvalue weighted by atomic mass is 16.5. The summed E-state index contributed by atoms with van der Waals surface area (Å²) in [5.74, 6) is -0.0321. The van der Waals surface area contributed by atoms with E-state index in [1.54, 1.807) is 6.08 Å². The average Bonchev–Trinajstić information content (AvgIpc) is 3.77. The Morgan fingerprint density at radius 3 is 0.732 bits per heavy atom. The van der Waals surface area contributed by atoms with Gasteiger partial charge in [-0.2, -0.15) is 0 Å². The van der Waals surface area contributed by atoms with Crippen LogP contribution >= 0.6 is 0 Å². The topological polar surface area (TPSA) is 95.9 Å². The predicted octanol–water partition coefficient (Wildman–Crippen LogP) is 30.3. The number of carbonyl (C=O) groups is 2. The summed E-state index contributed by atoms with van der Waals surface area (Å²) in [7, 11) is 0. The second kappa shape index (κ2) is 86.7. The maximum absolute atomic E-state index is 12.6. The van der Waals surface area contributed by atoms with Crippen LogP contribution < -0.4 is 5.32 Å². The van der Waals surface area contributed by atoms with Crippen molar-refractivity contribution in [1.29, 1.82) is 0 Å². The predicted molar refractivity (Wildman–Crippen MR) is 430 cm³/mol. The monoisotopic (exact) mass is 1360 g/mol. The molecule has 97 heavy (non-hydrogen) atoms. The molecule has 2 unspecified atom stereocenters. The molecule has 0 rings (SSSR count). The van der Waals surface area contributed by atoms with Crippen LogP contribution in [0.1, 0.15) is 521 Å². The highest BCUT2D eigenvalue weighted by Crippen LogP contribution is 2.21. The van der Waals surface area contributed by atoms with E-state index in [-0.39, 0.29) is 18.5 Å². The van der Waals surface area contributed by atoms with Crippen molar-refractivity contribution in [3.63, 3.8) is 0 Å². The molecule has 0 saturated heterocycles. The molecule has 0 spiro atoms. The van der Waals surface area contributed by atoms with Gasteiger partial charge in [-0.1, -0.05) is 475 Å². The van der Waals surface area contributed by atoms with E-state index in [9.17, 15) is 19.8 Å². The highest BCUT2D eigenvalue weighted by molar-refractivity contribution is 5.76. The van der Waals surface area contributed by atoms with Gasteiger partial charge >= 0.3 is 5.97 Å². The van der Waals surface area contributed by atoms with Crippen LogP contribution in [0.2, 0.25) is 0 Å². The molecule has 0 saturated carbocycles. The Balaban J connectivity index is 3.32. The fourth-order valence-electron chi connectivity index (χ4n) is 14.6. The fraction of sp³-hybridized carbons (Fsp3) is 0.934. The lowest BCUT2D eigenvalue weighted by molar-refractivity contribution is -0.143. The third-order valence-electron chi connectivity index (χ3n) is 21.5. The molecular formula is C91H177NO5. The summed E-state index contributed by atoms with van der Waals surface area (Å²) in [6.45, 7) is 4.97. The molecule has 3 N–H and O–H groups in total. The number of amides is 1. The van der Waals surface area contributed by atoms with Crippen molar-refractivity contribution in [2.45, 2.75) is 533 Å². The SMILES string of the molecule is CCCCCCCC/C=C\CCCCCCCCCCCC(=O)OCCCCCCCCCCCCCCCCCCCCCCCCCCCCCCCCCCCCCCCC(=O)NC(CO)C(O)/C=C/CCCCCCCCCCCCCCCCCCCCCCCC. The van der Waals surface area contributed by atoms with Crippen molar-refractivity contribution in [3.8, 4) is 0 Å². The molecule has 0 heterocycles. The zero-order chi connectivity index (χ0) is 69.8. The second-order valence-electron chi connectivity index (χ2n) is 31.3. The number of hydrogen-bond acceptors (Lipinski definition) is 5. The first-order chi connectivity index (χ1) is 48.0. The first kappa shape index (κ1) is 95.3. The fourth-order valence-corrected chi connectivity index (χ4v) is 14.6. The third kappa shape index (κ3) is 83.2. The molecule has 0 aromatic rings. The minimum Gasteiger partial charge on any atom is -0.466 e. The molecule has 0 aliphatic heterocycles. The van der Waals surface area contributed by atoms with E-state index in [0.717, 1.165) is 38.5 Å². The Hall–Kier alpha value is -1.66. The highest BCUT2D eigenvalue weighted by Gasteiger charge is 2.18. The number of carbonyl (C=O) groups excluding carboxylic acids is 2. The van der Waals surface area contributed by atoms with E-state index in [2.05, 4.69) is 31.3 Å². The number of rotatable bonds is 86. The minimum atomic E-state index is -0.842. The van der Waals surface area contributed by atoms with Crippen molar-refractivity contribution in [2.75, 3.05) is 13.2 Å². The van der Waals surface area contributed by atoms with Gasteiger partial charge < -0.3 is 20.3 Å². The first-order valence-corrected chi connectivity index (χ1v) is 45.1. The van der Waals surface area contributed by atoms with Crippen LogP contribution in [0.3, 0.4) is 0 Å². The van der Waals surface area contributed by atoms with E-state index < -0.39 is 12.1 Å². The van der Waals surface area contributed by atoms with Crippen LogP contribution in [0, 0.1) is 0 Å². The number of hydrogen-bond donors (Lipinski definition) is 3. The first-order valence-electron chi connectivity index (χ1n) is 45.1. The summed E-state index contributed by atoms with van der Waals surface area (Å²) >= 11 is 0. The molecule has 0 radical (unpaired) electrons. The zero-order valence-electron chi connectivity index (χ0n) is 66.4. The summed E-state index contributed by atoms with van der Waals surface area (Å²) < 4.78 is 5.53. The average molecular weight is 1370 g/mol. The summed E-state index contributed by atoms with van der Waals surface area (Å²) in [5.41, 5.74) is 0. The lowest BCUT2D eigenvalue weighted by Gasteiger charge is -2.20. The van der Waals surface area contributed by atoms with E-state index in [4.69, 9.17) is 4.74 Å². The van der Waals surface area contributed by atoms with E-state index in [1.165, 1.54) is 456 Å². The number of aliphatic hydroxyl groups is 2. The number of unbranched alkanes of at least 4 members (excludes halogenated alkanes) is 73. The van der Waals surface area contributed by atoms with E-state index >= 15 is 0 Å². The summed E-state index contributed by atoms with van der Waals surface area (Å²) in [6, 6.07) is -0.625. The Kier molecular flexibility index (Phi) is 85.3. The molecule has 576 valence electrons. The maximum Gasteiger partial charge on any atom is 0.305 e. The van der Waals surface area contributed by atoms with Crippen molar-refractivity contribution in [3.05, 3.63) is 24.3 Å². The molecule has 0 aliphatic rings. The largest absolute Gasteiger partial charge is 0.466 e. The molecule has 0 fully saturated rings. The van der Waals surface area contributed by atoms with Gasteiger partial charge in [-0.25, -0.2) is 0 Å². The van der Waals surface area contributed by atoms with Crippen molar-refractivity contribution in [1.82, 2.24) is 5.32 Å². The van der Waals surface area contributed by atoms with Crippen molar-refractivity contribution >= 4 is 11.9 Å². The molecule has 0 aromatic heterocycles. The zero-order valence-corrected chi connectivity index (χ0v) is 66.4. The van der Waals surface area contributed by atoms with Crippen LogP contribution in [-0.4, -0.2) is 47.4 Å². The smallest absolute Gasteiger partial charge is 0.305 e. The quantitative estimate of drug-likeness (QED) is 0.0320. The van der Waals surface area contributed by atoms with Gasteiger partial charge in [0, 0.05) is 12.8 Å². The van der Waals surface area contributed by atoms with Gasteiger partial charge in [0.15, 0.2) is 0 Å². The van der Waals surface area contributed by atoms with Gasteiger partial charge in [0.1, 0.15) is 0 Å². The van der Waals surface area contributed by atoms with Crippen molar-refractivity contribution < 1.29 is 24.5 Å². The van der Waals surface area contributed by atoms with Gasteiger partial charge in [0.05, 0.1) is 25.4 Å². The van der Waals surface area contributed by atoms with Crippen molar-refractivity contribution in [2.24, 2.45) is 0 Å². The van der Waals surface area contributed by atoms with Gasteiger partial charge in [0.2, 0.25) is 5.91 Å². The molecule has 0 aromatic carbocycles. The van der Waals surface area contributed by atoms with Crippen LogP contribution in [0.5, 0.6) is 0 Å². The summed E-state index contributed by atoms with van der Waals surface area (Å²) in [5, 5.41) is 23.3. The number of allylic oxidation sites excluding steroid dienone is 3. The Bertz CT molecular complexity index is 1530. The number of nitrogens with one attached hydrogen (secondary N) is 1. The number of esters is 1. The third-order valence-corrected chi connectivity index (χ3v) is 21.5. The van der Waals surface area contributed by atoms with Gasteiger partial charge in [-0.05, 0) is 57.8 Å². The van der Waals surface area contributed by atoms with E-state index in [0.29, 0.717) is 19.4 Å². The van der Waals surface area contributed by atoms with Crippen LogP contribution in [0.25, 0.3) is 0 Å². The molecule has 2 atom stereocenters. The standard InChI is InChI=1S/C91H177NO5/c1-3-5-7-9-11-13-15-17-19-21-23-24-25-41-44-48-51-55-59-63-67-71-75-79-83-89(94)88(87-93)92-90(95)84-80-76-72-68-64-60-56-52-49-45-42-39-37-35-33-31-29-27-26-28-30-32-34-36-38-40-43-46-50-54-58-62-66-70-74-78-82-86-97-91(96)85-81-77-73-69-65-61-57-53-47-22-20-18-16-14-12-10-8-6-4-2/h18,20,79,83,88-89,93-94H,3-17,19,21-78,80-82,84-87H2,1-2H3,(H,92,95)/b20-18-,83-79+. The summed E-state index contributed by atoms with van der Waals surface area (Å²) in [4.78, 5) is 24.7. The second-order valence-corrected chi connectivity index (χ2v) is 31.3. The minimum absolute atomic E-state index is 0.0241. The Morgan fingerprint density at radius 2 is 0.485 bits per heavy atom. The van der Waals surface area contributed by atoms with Gasteiger partial charge in [-0.15, -0.1) is 0 Å².